The Morgan fingerprint density at radius 1 is 1.00 bits per heavy atom. The summed E-state index contributed by atoms with van der Waals surface area (Å²) in [6.07, 6.45) is -0.434. The van der Waals surface area contributed by atoms with Crippen LogP contribution in [0.1, 0.15) is 33.3 Å². The summed E-state index contributed by atoms with van der Waals surface area (Å²) in [5, 5.41) is 16.6. The topological polar surface area (TPSA) is 168 Å². The number of benzene rings is 2. The molecule has 0 bridgehead atoms. The number of hydrogen-bond donors (Lipinski definition) is 3. The van der Waals surface area contributed by atoms with E-state index in [9.17, 15) is 31.5 Å². The number of amides is 2. The van der Waals surface area contributed by atoms with E-state index in [4.69, 9.17) is 21.1 Å². The number of rotatable bonds is 15. The fourth-order valence-electron chi connectivity index (χ4n) is 4.59. The molecule has 0 aromatic heterocycles. The molecule has 1 aliphatic rings. The molecule has 3 atom stereocenters. The maximum atomic E-state index is 13.8. The Labute approximate surface area is 264 Å². The van der Waals surface area contributed by atoms with Crippen LogP contribution in [-0.4, -0.2) is 93.0 Å². The number of alkyl halides is 1. The molecule has 0 unspecified atom stereocenters. The van der Waals surface area contributed by atoms with E-state index in [1.165, 1.54) is 32.0 Å². The Morgan fingerprint density at radius 3 is 2.23 bits per heavy atom. The van der Waals surface area contributed by atoms with Crippen molar-refractivity contribution >= 4 is 43.3 Å². The number of nitrogens with zero attached hydrogens (tertiary/aromatic N) is 1. The molecular formula is C29H40ClN3O9S2. The quantitative estimate of drug-likeness (QED) is 0.238. The van der Waals surface area contributed by atoms with Gasteiger partial charge in [-0.3, -0.25) is 9.59 Å². The van der Waals surface area contributed by atoms with Crippen LogP contribution in [0.4, 0.5) is 0 Å². The molecule has 1 heterocycles. The van der Waals surface area contributed by atoms with E-state index < -0.39 is 67.0 Å². The van der Waals surface area contributed by atoms with E-state index in [-0.39, 0.29) is 36.3 Å². The highest BCUT2D eigenvalue weighted by atomic mass is 35.5. The molecule has 2 aromatic carbocycles. The lowest BCUT2D eigenvalue weighted by Gasteiger charge is -2.35. The van der Waals surface area contributed by atoms with Gasteiger partial charge in [0.25, 0.3) is 0 Å². The zero-order chi connectivity index (χ0) is 32.9. The zero-order valence-electron chi connectivity index (χ0n) is 25.3. The molecule has 0 aliphatic carbocycles. The highest BCUT2D eigenvalue weighted by Crippen LogP contribution is 2.35. The number of aliphatic hydroxyl groups is 1. The van der Waals surface area contributed by atoms with Crippen LogP contribution in [0.15, 0.2) is 53.4 Å². The van der Waals surface area contributed by atoms with Crippen LogP contribution in [0.5, 0.6) is 11.5 Å². The minimum atomic E-state index is -4.15. The Balaban J connectivity index is 1.97. The van der Waals surface area contributed by atoms with E-state index in [1.807, 2.05) is 13.8 Å². The molecule has 0 spiro atoms. The first-order chi connectivity index (χ1) is 20.5. The molecule has 2 aromatic rings. The largest absolute Gasteiger partial charge is 0.454 e. The maximum Gasteiger partial charge on any atom is 0.244 e. The first-order valence-corrected chi connectivity index (χ1v) is 17.8. The van der Waals surface area contributed by atoms with Gasteiger partial charge in [0.2, 0.25) is 28.6 Å². The third-order valence-electron chi connectivity index (χ3n) is 7.37. The lowest BCUT2D eigenvalue weighted by atomic mass is 9.98. The Hall–Kier alpha value is -2.91. The van der Waals surface area contributed by atoms with Gasteiger partial charge >= 0.3 is 0 Å². The van der Waals surface area contributed by atoms with Gasteiger partial charge in [-0.25, -0.2) is 16.8 Å². The van der Waals surface area contributed by atoms with Crippen LogP contribution in [0.25, 0.3) is 0 Å². The summed E-state index contributed by atoms with van der Waals surface area (Å²) in [5.41, 5.74) is 0.717. The number of carbonyl (C=O) groups is 2. The SMILES string of the molecule is CC(C)CN(C[C@@H](O)[C@H](Cc1ccccc1)NC(=O)[C@@H](NC(=O)CCl)C(C)(C)S(C)(=O)=O)S(=O)(=O)c1ccc2c(c1)OCO2. The average molecular weight is 674 g/mol. The number of aliphatic hydroxyl groups excluding tert-OH is 1. The van der Waals surface area contributed by atoms with Crippen LogP contribution >= 0.6 is 11.6 Å². The van der Waals surface area contributed by atoms with Crippen molar-refractivity contribution in [2.45, 2.75) is 61.9 Å². The summed E-state index contributed by atoms with van der Waals surface area (Å²) in [4.78, 5) is 25.8. The van der Waals surface area contributed by atoms with Gasteiger partial charge < -0.3 is 25.2 Å². The lowest BCUT2D eigenvalue weighted by molar-refractivity contribution is -0.129. The molecule has 2 amide bonds. The summed E-state index contributed by atoms with van der Waals surface area (Å²) in [7, 11) is -8.04. The highest BCUT2D eigenvalue weighted by Gasteiger charge is 2.45. The number of carbonyl (C=O) groups excluding carboxylic acids is 2. The van der Waals surface area contributed by atoms with Crippen molar-refractivity contribution in [3.05, 3.63) is 54.1 Å². The van der Waals surface area contributed by atoms with Crippen molar-refractivity contribution in [3.63, 3.8) is 0 Å². The third-order valence-corrected chi connectivity index (χ3v) is 11.6. The van der Waals surface area contributed by atoms with Crippen molar-refractivity contribution in [2.24, 2.45) is 5.92 Å². The van der Waals surface area contributed by atoms with Crippen LogP contribution < -0.4 is 20.1 Å². The number of fused-ring (bicyclic) bond motifs is 1. The second-order valence-corrected chi connectivity index (χ2v) is 16.4. The molecule has 0 saturated carbocycles. The summed E-state index contributed by atoms with van der Waals surface area (Å²) < 4.78 is 62.9. The summed E-state index contributed by atoms with van der Waals surface area (Å²) in [6, 6.07) is 10.5. The van der Waals surface area contributed by atoms with Gasteiger partial charge in [0.15, 0.2) is 21.3 Å². The summed E-state index contributed by atoms with van der Waals surface area (Å²) in [6.45, 7) is 5.87. The molecule has 0 radical (unpaired) electrons. The van der Waals surface area contributed by atoms with Crippen molar-refractivity contribution in [2.75, 3.05) is 32.0 Å². The first kappa shape index (κ1) is 35.6. The first-order valence-electron chi connectivity index (χ1n) is 13.9. The summed E-state index contributed by atoms with van der Waals surface area (Å²) >= 11 is 5.64. The monoisotopic (exact) mass is 673 g/mol. The number of sulfonamides is 1. The molecule has 3 N–H and O–H groups in total. The number of ether oxygens (including phenoxy) is 2. The second kappa shape index (κ2) is 14.5. The van der Waals surface area contributed by atoms with Crippen LogP contribution in [0, 0.1) is 5.92 Å². The number of halogens is 1. The smallest absolute Gasteiger partial charge is 0.244 e. The number of nitrogens with one attached hydrogen (secondary N) is 2. The molecule has 1 aliphatic heterocycles. The Bertz CT molecular complexity index is 1530. The van der Waals surface area contributed by atoms with Gasteiger partial charge in [-0.15, -0.1) is 11.6 Å². The van der Waals surface area contributed by atoms with Gasteiger partial charge in [-0.2, -0.15) is 4.31 Å². The van der Waals surface area contributed by atoms with Crippen molar-refractivity contribution < 1.29 is 41.0 Å². The minimum Gasteiger partial charge on any atom is -0.454 e. The maximum absolute atomic E-state index is 13.8. The van der Waals surface area contributed by atoms with Crippen molar-refractivity contribution in [1.29, 1.82) is 0 Å². The zero-order valence-corrected chi connectivity index (χ0v) is 27.7. The second-order valence-electron chi connectivity index (χ2n) is 11.6. The third kappa shape index (κ3) is 8.62. The molecule has 15 heteroatoms. The van der Waals surface area contributed by atoms with Gasteiger partial charge in [0.1, 0.15) is 11.9 Å². The standard InChI is InChI=1S/C29H40ClN3O9S2/c1-19(2)16-33(44(39,40)21-11-12-24-25(14-21)42-18-41-24)17-23(34)22(13-20-9-7-6-8-10-20)31-28(36)27(32-26(35)15-30)29(3,4)43(5,37)38/h6-12,14,19,22-23,27,34H,13,15-18H2,1-5H3,(H,31,36)(H,32,35)/t22-,23+,27+/m0/s1. The van der Waals surface area contributed by atoms with Crippen molar-refractivity contribution in [1.82, 2.24) is 14.9 Å². The van der Waals surface area contributed by atoms with E-state index in [2.05, 4.69) is 10.6 Å². The van der Waals surface area contributed by atoms with Crippen LogP contribution in [-0.2, 0) is 35.9 Å². The van der Waals surface area contributed by atoms with Crippen LogP contribution in [0.3, 0.4) is 0 Å². The Morgan fingerprint density at radius 2 is 1.64 bits per heavy atom. The van der Waals surface area contributed by atoms with E-state index in [0.717, 1.165) is 16.1 Å². The highest BCUT2D eigenvalue weighted by molar-refractivity contribution is 7.92. The molecule has 3 rings (SSSR count). The van der Waals surface area contributed by atoms with Gasteiger partial charge in [0.05, 0.1) is 21.8 Å². The molecule has 12 nitrogen and oxygen atoms in total. The molecule has 0 saturated heterocycles. The van der Waals surface area contributed by atoms with E-state index in [1.54, 1.807) is 30.3 Å². The van der Waals surface area contributed by atoms with E-state index in [0.29, 0.717) is 5.75 Å². The van der Waals surface area contributed by atoms with E-state index >= 15 is 0 Å². The molecule has 0 fully saturated rings. The fraction of sp³-hybridized carbons (Fsp3) is 0.517. The average Bonchev–Trinajstić information content (AvgIpc) is 3.42. The summed E-state index contributed by atoms with van der Waals surface area (Å²) in [5.74, 6) is -1.59. The molecule has 244 valence electrons. The number of sulfone groups is 1. The Kier molecular flexibility index (Phi) is 11.7. The fourth-order valence-corrected chi connectivity index (χ4v) is 6.90. The predicted octanol–water partition coefficient (Wildman–Crippen LogP) is 1.70. The predicted molar refractivity (Wildman–Crippen MR) is 166 cm³/mol. The van der Waals surface area contributed by atoms with Gasteiger partial charge in [-0.05, 0) is 43.9 Å². The molecular weight excluding hydrogens is 634 g/mol. The van der Waals surface area contributed by atoms with Crippen LogP contribution in [0.2, 0.25) is 0 Å². The molecule has 44 heavy (non-hydrogen) atoms. The van der Waals surface area contributed by atoms with Crippen molar-refractivity contribution in [3.8, 4) is 11.5 Å². The minimum absolute atomic E-state index is 0.0312. The van der Waals surface area contributed by atoms with Gasteiger partial charge in [-0.1, -0.05) is 44.2 Å². The number of hydrogen-bond acceptors (Lipinski definition) is 9. The lowest BCUT2D eigenvalue weighted by Crippen LogP contribution is -2.63. The normalized spacial score (nSPS) is 15.6. The van der Waals surface area contributed by atoms with Gasteiger partial charge in [0, 0.05) is 25.4 Å².